The van der Waals surface area contributed by atoms with Crippen molar-refractivity contribution in [2.24, 2.45) is 0 Å². The molecule has 1 N–H and O–H groups in total. The molecule has 24 heavy (non-hydrogen) atoms. The molecule has 0 saturated heterocycles. The molecule has 0 atom stereocenters. The van der Waals surface area contributed by atoms with E-state index in [0.29, 0.717) is 22.2 Å². The molecule has 0 spiro atoms. The van der Waals surface area contributed by atoms with Crippen LogP contribution >= 0.6 is 11.3 Å². The van der Waals surface area contributed by atoms with Crippen LogP contribution in [0.4, 0.5) is 5.00 Å². The monoisotopic (exact) mass is 340 g/mol. The standard InChI is InChI=1S/C18H16N2O3S/c1-3-23-18(22)16-11(2)10-15(24-16)20-17(21)14-9-8-12-6-4-5-7-13(12)19-14/h4-10H,3H2,1-2H3,(H,20,21). The Bertz CT molecular complexity index is 918. The van der Waals surface area contributed by atoms with Gasteiger partial charge >= 0.3 is 5.97 Å². The average Bonchev–Trinajstić information content (AvgIpc) is 2.95. The van der Waals surface area contributed by atoms with Gasteiger partial charge in [-0.3, -0.25) is 4.79 Å². The van der Waals surface area contributed by atoms with Crippen LogP contribution in [0, 0.1) is 6.92 Å². The number of esters is 1. The number of thiophene rings is 1. The molecule has 0 radical (unpaired) electrons. The van der Waals surface area contributed by atoms with Gasteiger partial charge in [-0.25, -0.2) is 9.78 Å². The zero-order valence-corrected chi connectivity index (χ0v) is 14.1. The lowest BCUT2D eigenvalue weighted by molar-refractivity contribution is 0.0531. The molecular weight excluding hydrogens is 324 g/mol. The van der Waals surface area contributed by atoms with Crippen molar-refractivity contribution in [3.05, 3.63) is 58.6 Å². The number of carbonyl (C=O) groups excluding carboxylic acids is 2. The first-order chi connectivity index (χ1) is 11.6. The Hall–Kier alpha value is -2.73. The first kappa shape index (κ1) is 16.1. The Balaban J connectivity index is 1.81. The summed E-state index contributed by atoms with van der Waals surface area (Å²) in [5.41, 5.74) is 1.87. The highest BCUT2D eigenvalue weighted by molar-refractivity contribution is 7.18. The number of nitrogens with one attached hydrogen (secondary N) is 1. The summed E-state index contributed by atoms with van der Waals surface area (Å²) in [6.07, 6.45) is 0. The van der Waals surface area contributed by atoms with Crippen molar-refractivity contribution < 1.29 is 14.3 Å². The van der Waals surface area contributed by atoms with Crippen molar-refractivity contribution in [2.45, 2.75) is 13.8 Å². The number of ether oxygens (including phenoxy) is 1. The van der Waals surface area contributed by atoms with E-state index in [2.05, 4.69) is 10.3 Å². The number of amides is 1. The van der Waals surface area contributed by atoms with Gasteiger partial charge in [0.05, 0.1) is 17.1 Å². The van der Waals surface area contributed by atoms with Gasteiger partial charge < -0.3 is 10.1 Å². The predicted octanol–water partition coefficient (Wildman–Crippen LogP) is 4.03. The van der Waals surface area contributed by atoms with Crippen LogP contribution < -0.4 is 5.32 Å². The maximum absolute atomic E-state index is 12.4. The predicted molar refractivity (Wildman–Crippen MR) is 94.7 cm³/mol. The van der Waals surface area contributed by atoms with Crippen molar-refractivity contribution in [1.29, 1.82) is 0 Å². The van der Waals surface area contributed by atoms with Crippen LogP contribution in [0.1, 0.15) is 32.6 Å². The maximum Gasteiger partial charge on any atom is 0.348 e. The number of pyridine rings is 1. The molecule has 0 aliphatic rings. The second-order valence-corrected chi connectivity index (χ2v) is 6.24. The van der Waals surface area contributed by atoms with E-state index in [0.717, 1.165) is 16.5 Å². The van der Waals surface area contributed by atoms with Gasteiger partial charge in [0, 0.05) is 5.39 Å². The third kappa shape index (κ3) is 3.28. The Kier molecular flexibility index (Phi) is 4.57. The smallest absolute Gasteiger partial charge is 0.348 e. The highest BCUT2D eigenvalue weighted by Crippen LogP contribution is 2.27. The number of rotatable bonds is 4. The van der Waals surface area contributed by atoms with Gasteiger partial charge in [0.15, 0.2) is 0 Å². The topological polar surface area (TPSA) is 68.3 Å². The molecular formula is C18H16N2O3S. The second kappa shape index (κ2) is 6.80. The lowest BCUT2D eigenvalue weighted by Crippen LogP contribution is -2.12. The van der Waals surface area contributed by atoms with E-state index in [-0.39, 0.29) is 11.9 Å². The van der Waals surface area contributed by atoms with Crippen molar-refractivity contribution in [1.82, 2.24) is 4.98 Å². The molecule has 2 heterocycles. The number of fused-ring (bicyclic) bond motifs is 1. The van der Waals surface area contributed by atoms with Crippen LogP contribution in [-0.2, 0) is 4.74 Å². The molecule has 1 amide bonds. The summed E-state index contributed by atoms with van der Waals surface area (Å²) in [4.78, 5) is 29.1. The van der Waals surface area contributed by atoms with Gasteiger partial charge in [-0.1, -0.05) is 24.3 Å². The summed E-state index contributed by atoms with van der Waals surface area (Å²) in [5.74, 6) is -0.679. The summed E-state index contributed by atoms with van der Waals surface area (Å²) in [7, 11) is 0. The molecule has 0 bridgehead atoms. The zero-order chi connectivity index (χ0) is 17.1. The van der Waals surface area contributed by atoms with Gasteiger partial charge in [-0.2, -0.15) is 0 Å². The number of aryl methyl sites for hydroxylation is 1. The Labute approximate surface area is 143 Å². The first-order valence-corrected chi connectivity index (χ1v) is 8.35. The molecule has 0 aliphatic carbocycles. The average molecular weight is 340 g/mol. The lowest BCUT2D eigenvalue weighted by Gasteiger charge is -2.03. The van der Waals surface area contributed by atoms with Crippen molar-refractivity contribution in [3.63, 3.8) is 0 Å². The number of para-hydroxylation sites is 1. The molecule has 5 nitrogen and oxygen atoms in total. The van der Waals surface area contributed by atoms with Crippen LogP contribution in [0.15, 0.2) is 42.5 Å². The van der Waals surface area contributed by atoms with E-state index in [1.807, 2.05) is 37.3 Å². The van der Waals surface area contributed by atoms with Gasteiger partial charge in [-0.15, -0.1) is 11.3 Å². The van der Waals surface area contributed by atoms with Crippen LogP contribution in [0.25, 0.3) is 10.9 Å². The summed E-state index contributed by atoms with van der Waals surface area (Å²) < 4.78 is 5.01. The molecule has 3 aromatic rings. The van der Waals surface area contributed by atoms with E-state index < -0.39 is 0 Å². The van der Waals surface area contributed by atoms with Gasteiger partial charge in [0.25, 0.3) is 5.91 Å². The summed E-state index contributed by atoms with van der Waals surface area (Å²) in [6, 6.07) is 12.9. The number of nitrogens with zero attached hydrogens (tertiary/aromatic N) is 1. The summed E-state index contributed by atoms with van der Waals surface area (Å²) in [6.45, 7) is 3.89. The Morgan fingerprint density at radius 3 is 2.79 bits per heavy atom. The summed E-state index contributed by atoms with van der Waals surface area (Å²) in [5, 5.41) is 4.36. The van der Waals surface area contributed by atoms with E-state index in [9.17, 15) is 9.59 Å². The molecule has 1 aromatic carbocycles. The minimum atomic E-state index is -0.371. The molecule has 0 unspecified atom stereocenters. The Morgan fingerprint density at radius 1 is 1.21 bits per heavy atom. The largest absolute Gasteiger partial charge is 0.462 e. The number of hydrogen-bond acceptors (Lipinski definition) is 5. The van der Waals surface area contributed by atoms with E-state index in [4.69, 9.17) is 4.74 Å². The second-order valence-electron chi connectivity index (χ2n) is 5.19. The Morgan fingerprint density at radius 2 is 2.00 bits per heavy atom. The number of aromatic nitrogens is 1. The highest BCUT2D eigenvalue weighted by Gasteiger charge is 2.17. The third-order valence-electron chi connectivity index (χ3n) is 3.45. The normalized spacial score (nSPS) is 10.6. The molecule has 3 rings (SSSR count). The fourth-order valence-electron chi connectivity index (χ4n) is 2.31. The highest BCUT2D eigenvalue weighted by atomic mass is 32.1. The molecule has 2 aromatic heterocycles. The number of carbonyl (C=O) groups is 2. The van der Waals surface area contributed by atoms with Crippen molar-refractivity contribution in [3.8, 4) is 0 Å². The van der Waals surface area contributed by atoms with Gasteiger partial charge in [0.1, 0.15) is 10.6 Å². The fourth-order valence-corrected chi connectivity index (χ4v) is 3.27. The van der Waals surface area contributed by atoms with Crippen LogP contribution in [-0.4, -0.2) is 23.5 Å². The lowest BCUT2D eigenvalue weighted by atomic mass is 10.2. The number of benzene rings is 1. The molecule has 0 saturated carbocycles. The van der Waals surface area contributed by atoms with Gasteiger partial charge in [-0.05, 0) is 37.6 Å². The van der Waals surface area contributed by atoms with E-state index in [1.165, 1.54) is 11.3 Å². The molecule has 122 valence electrons. The zero-order valence-electron chi connectivity index (χ0n) is 13.3. The quantitative estimate of drug-likeness (QED) is 0.728. The minimum Gasteiger partial charge on any atom is -0.462 e. The van der Waals surface area contributed by atoms with Crippen molar-refractivity contribution >= 4 is 39.1 Å². The van der Waals surface area contributed by atoms with Crippen LogP contribution in [0.2, 0.25) is 0 Å². The number of anilines is 1. The first-order valence-electron chi connectivity index (χ1n) is 7.53. The van der Waals surface area contributed by atoms with Gasteiger partial charge in [0.2, 0.25) is 0 Å². The fraction of sp³-hybridized carbons (Fsp3) is 0.167. The molecule has 0 fully saturated rings. The van der Waals surface area contributed by atoms with Crippen molar-refractivity contribution in [2.75, 3.05) is 11.9 Å². The SMILES string of the molecule is CCOC(=O)c1sc(NC(=O)c2ccc3ccccc3n2)cc1C. The molecule has 0 aliphatic heterocycles. The van der Waals surface area contributed by atoms with E-state index >= 15 is 0 Å². The van der Waals surface area contributed by atoms with Crippen LogP contribution in [0.3, 0.4) is 0 Å². The summed E-state index contributed by atoms with van der Waals surface area (Å²) >= 11 is 1.20. The number of hydrogen-bond donors (Lipinski definition) is 1. The minimum absolute atomic E-state index is 0.308. The van der Waals surface area contributed by atoms with E-state index in [1.54, 1.807) is 19.1 Å². The van der Waals surface area contributed by atoms with Crippen LogP contribution in [0.5, 0.6) is 0 Å². The maximum atomic E-state index is 12.4. The third-order valence-corrected chi connectivity index (χ3v) is 4.58. The molecule has 6 heteroatoms.